The third-order valence-electron chi connectivity index (χ3n) is 7.16. The molecule has 4 aromatic rings. The zero-order chi connectivity index (χ0) is 31.4. The number of aromatic nitrogens is 3. The Morgan fingerprint density at radius 2 is 1.84 bits per heavy atom. The Labute approximate surface area is 258 Å². The van der Waals surface area contributed by atoms with E-state index >= 15 is 0 Å². The monoisotopic (exact) mass is 622 g/mol. The zero-order valence-corrected chi connectivity index (χ0v) is 25.6. The minimum Gasteiger partial charge on any atom is -0.406 e. The molecule has 1 N–H and O–H groups in total. The van der Waals surface area contributed by atoms with Gasteiger partial charge in [0.05, 0.1) is 5.69 Å². The summed E-state index contributed by atoms with van der Waals surface area (Å²) < 4.78 is 42.6. The third-order valence-corrected chi connectivity index (χ3v) is 8.15. The Kier molecular flexibility index (Phi) is 9.28. The summed E-state index contributed by atoms with van der Waals surface area (Å²) in [5.41, 5.74) is 5.65. The van der Waals surface area contributed by atoms with Gasteiger partial charge in [0.2, 0.25) is 0 Å². The van der Waals surface area contributed by atoms with E-state index < -0.39 is 12.4 Å². The van der Waals surface area contributed by atoms with Crippen LogP contribution in [0.25, 0.3) is 17.1 Å². The maximum Gasteiger partial charge on any atom is 0.573 e. The molecule has 1 aliphatic heterocycles. The number of urea groups is 1. The Hall–Kier alpha value is -4.32. The predicted molar refractivity (Wildman–Crippen MR) is 167 cm³/mol. The molecule has 1 fully saturated rings. The topological polar surface area (TPSA) is 84.6 Å². The molecular weight excluding hydrogens is 589 g/mol. The smallest absolute Gasteiger partial charge is 0.406 e. The van der Waals surface area contributed by atoms with Gasteiger partial charge in [-0.05, 0) is 73.2 Å². The first-order valence-corrected chi connectivity index (χ1v) is 15.2. The van der Waals surface area contributed by atoms with E-state index in [2.05, 4.69) is 75.9 Å². The van der Waals surface area contributed by atoms with Crippen LogP contribution in [0, 0.1) is 6.92 Å². The van der Waals surface area contributed by atoms with Gasteiger partial charge in [0, 0.05) is 29.6 Å². The van der Waals surface area contributed by atoms with Gasteiger partial charge in [-0.15, -0.1) is 18.3 Å². The van der Waals surface area contributed by atoms with Crippen LogP contribution < -0.4 is 15.0 Å². The van der Waals surface area contributed by atoms with Crippen molar-refractivity contribution in [3.05, 3.63) is 89.7 Å². The number of aryl methyl sites for hydroxylation is 1. The summed E-state index contributed by atoms with van der Waals surface area (Å²) in [5.74, 6) is 1.37. The van der Waals surface area contributed by atoms with Gasteiger partial charge < -0.3 is 15.0 Å². The van der Waals surface area contributed by atoms with Crippen LogP contribution in [0.4, 0.5) is 23.7 Å². The highest BCUT2D eigenvalue weighted by Gasteiger charge is 2.31. The van der Waals surface area contributed by atoms with E-state index in [4.69, 9.17) is 0 Å². The molecule has 44 heavy (non-hydrogen) atoms. The first kappa shape index (κ1) is 31.1. The number of hydrogen-bond acceptors (Lipinski definition) is 5. The number of amidine groups is 1. The lowest BCUT2D eigenvalue weighted by atomic mass is 9.98. The fourth-order valence-electron chi connectivity index (χ4n) is 4.88. The van der Waals surface area contributed by atoms with Crippen molar-refractivity contribution in [2.75, 3.05) is 10.7 Å². The second-order valence-electron chi connectivity index (χ2n) is 10.9. The zero-order valence-electron chi connectivity index (χ0n) is 24.8. The maximum absolute atomic E-state index is 12.9. The number of hydrogen-bond donors (Lipinski definition) is 1. The number of anilines is 1. The number of nitrogens with zero attached hydrogens (tertiary/aromatic N) is 5. The molecule has 1 saturated heterocycles. The number of carbonyl (C=O) groups is 1. The van der Waals surface area contributed by atoms with Crippen LogP contribution in [-0.2, 0) is 6.54 Å². The van der Waals surface area contributed by atoms with E-state index in [1.165, 1.54) is 40.8 Å². The summed E-state index contributed by atoms with van der Waals surface area (Å²) in [6.45, 7) is 8.88. The molecule has 2 amide bonds. The number of benzene rings is 3. The summed E-state index contributed by atoms with van der Waals surface area (Å²) in [6.07, 6.45) is -2.27. The van der Waals surface area contributed by atoms with Gasteiger partial charge in [0.25, 0.3) is 0 Å². The molecule has 1 aliphatic rings. The molecule has 8 nitrogen and oxygen atoms in total. The summed E-state index contributed by atoms with van der Waals surface area (Å²) in [5, 5.41) is 8.04. The first-order valence-electron chi connectivity index (χ1n) is 14.2. The molecule has 0 bridgehead atoms. The van der Waals surface area contributed by atoms with Gasteiger partial charge in [-0.25, -0.2) is 14.5 Å². The number of rotatable bonds is 7. The molecule has 0 radical (unpaired) electrons. The molecule has 12 heteroatoms. The van der Waals surface area contributed by atoms with E-state index in [-0.39, 0.29) is 11.8 Å². The van der Waals surface area contributed by atoms with Gasteiger partial charge in [-0.1, -0.05) is 62.0 Å². The highest BCUT2D eigenvalue weighted by molar-refractivity contribution is 8.14. The Morgan fingerprint density at radius 3 is 2.52 bits per heavy atom. The number of ether oxygens (including phenoxy) is 1. The molecule has 5 rings (SSSR count). The van der Waals surface area contributed by atoms with Crippen LogP contribution in [-0.4, -0.2) is 44.1 Å². The summed E-state index contributed by atoms with van der Waals surface area (Å²) in [7, 11) is 0. The largest absolute Gasteiger partial charge is 0.573 e. The van der Waals surface area contributed by atoms with Crippen molar-refractivity contribution in [2.45, 2.75) is 59.0 Å². The second-order valence-corrected chi connectivity index (χ2v) is 11.9. The number of thioether (sulfide) groups is 1. The molecule has 2 heterocycles. The number of aliphatic imine (C=N–C) groups is 1. The van der Waals surface area contributed by atoms with Crippen LogP contribution in [0.5, 0.6) is 5.75 Å². The van der Waals surface area contributed by atoms with E-state index in [0.29, 0.717) is 29.1 Å². The second kappa shape index (κ2) is 13.1. The van der Waals surface area contributed by atoms with Crippen molar-refractivity contribution in [1.82, 2.24) is 20.1 Å². The summed E-state index contributed by atoms with van der Waals surface area (Å²) >= 11 is 1.60. The van der Waals surface area contributed by atoms with Crippen LogP contribution >= 0.6 is 11.8 Å². The van der Waals surface area contributed by atoms with Gasteiger partial charge >= 0.3 is 12.4 Å². The van der Waals surface area contributed by atoms with Crippen molar-refractivity contribution in [3.8, 4) is 22.8 Å². The average Bonchev–Trinajstić information content (AvgIpc) is 3.46. The van der Waals surface area contributed by atoms with Gasteiger partial charge in [0.1, 0.15) is 12.1 Å². The average molecular weight is 623 g/mol. The Morgan fingerprint density at radius 1 is 1.11 bits per heavy atom. The molecule has 0 spiro atoms. The number of nitrogens with one attached hydrogen (secondary N) is 1. The molecule has 1 atom stereocenters. The molecule has 230 valence electrons. The van der Waals surface area contributed by atoms with Crippen molar-refractivity contribution >= 4 is 28.6 Å². The standard InChI is InChI=1S/C32H33F3N6O2S/c1-20(2)27-14-5-21(3)17-28(27)41-22(4)15-16-44-31(41)38-30(42)36-18-23-6-8-24(9-7-23)29-37-19-40(39-29)25-10-12-26(13-11-25)43-32(33,34)35/h5-14,17,19-20,22H,15-16,18H2,1-4H3,(H,36,42). The van der Waals surface area contributed by atoms with Crippen molar-refractivity contribution < 1.29 is 22.7 Å². The highest BCUT2D eigenvalue weighted by Crippen LogP contribution is 2.35. The number of alkyl halides is 3. The van der Waals surface area contributed by atoms with Gasteiger partial charge in [-0.3, -0.25) is 0 Å². The molecular formula is C32H33F3N6O2S. The minimum absolute atomic E-state index is 0.217. The maximum atomic E-state index is 12.9. The first-order chi connectivity index (χ1) is 21.0. The minimum atomic E-state index is -4.75. The molecule has 0 aliphatic carbocycles. The summed E-state index contributed by atoms with van der Waals surface area (Å²) in [4.78, 5) is 23.9. The van der Waals surface area contributed by atoms with Crippen LogP contribution in [0.3, 0.4) is 0 Å². The fraction of sp³-hybridized carbons (Fsp3) is 0.312. The quantitative estimate of drug-likeness (QED) is 0.226. The molecule has 1 unspecified atom stereocenters. The van der Waals surface area contributed by atoms with E-state index in [1.54, 1.807) is 11.8 Å². The number of halogens is 3. The van der Waals surface area contributed by atoms with Gasteiger partial charge in [0.15, 0.2) is 11.0 Å². The lowest BCUT2D eigenvalue weighted by molar-refractivity contribution is -0.274. The lowest BCUT2D eigenvalue weighted by Crippen LogP contribution is -2.42. The number of amides is 2. The molecule has 1 aromatic heterocycles. The molecule has 0 saturated carbocycles. The summed E-state index contributed by atoms with van der Waals surface area (Å²) in [6, 6.07) is 19.1. The predicted octanol–water partition coefficient (Wildman–Crippen LogP) is 7.86. The van der Waals surface area contributed by atoms with E-state index in [1.807, 2.05) is 24.3 Å². The number of carbonyl (C=O) groups excluding carboxylic acids is 1. The normalized spacial score (nSPS) is 16.4. The van der Waals surface area contributed by atoms with Crippen molar-refractivity contribution in [3.63, 3.8) is 0 Å². The van der Waals surface area contributed by atoms with Crippen LogP contribution in [0.2, 0.25) is 0 Å². The Balaban J connectivity index is 1.23. The van der Waals surface area contributed by atoms with Crippen LogP contribution in [0.1, 0.15) is 49.8 Å². The fourth-order valence-corrected chi connectivity index (χ4v) is 6.09. The van der Waals surface area contributed by atoms with E-state index in [9.17, 15) is 18.0 Å². The van der Waals surface area contributed by atoms with Crippen LogP contribution in [0.15, 0.2) is 78.0 Å². The van der Waals surface area contributed by atoms with Crippen molar-refractivity contribution in [1.29, 1.82) is 0 Å². The molecule has 3 aromatic carbocycles. The SMILES string of the molecule is Cc1ccc(C(C)C)c(N2C(=NC(=O)NCc3ccc(-c4ncn(-c5ccc(OC(F)(F)F)cc5)n4)cc3)SCCC2C)c1. The third kappa shape index (κ3) is 7.60. The highest BCUT2D eigenvalue weighted by atomic mass is 32.2. The lowest BCUT2D eigenvalue weighted by Gasteiger charge is -2.37. The van der Waals surface area contributed by atoms with E-state index in [0.717, 1.165) is 34.6 Å². The van der Waals surface area contributed by atoms with Crippen molar-refractivity contribution in [2.24, 2.45) is 4.99 Å². The van der Waals surface area contributed by atoms with Gasteiger partial charge in [-0.2, -0.15) is 4.99 Å². The Bertz CT molecular complexity index is 1640.